The molecule has 0 aliphatic rings. The second-order valence-electron chi connectivity index (χ2n) is 5.17. The highest BCUT2D eigenvalue weighted by atomic mass is 19.4. The zero-order valence-corrected chi connectivity index (χ0v) is 11.7. The van der Waals surface area contributed by atoms with E-state index in [9.17, 15) is 13.2 Å². The van der Waals surface area contributed by atoms with Gasteiger partial charge < -0.3 is 9.84 Å². The van der Waals surface area contributed by atoms with Crippen molar-refractivity contribution in [3.8, 4) is 0 Å². The predicted octanol–water partition coefficient (Wildman–Crippen LogP) is 3.75. The molecule has 0 aliphatic heterocycles. The van der Waals surface area contributed by atoms with Crippen LogP contribution in [0.25, 0.3) is 0 Å². The van der Waals surface area contributed by atoms with Gasteiger partial charge in [-0.1, -0.05) is 37.2 Å². The molecule has 0 atom stereocenters. The van der Waals surface area contributed by atoms with Gasteiger partial charge in [0.1, 0.15) is 0 Å². The monoisotopic (exact) mass is 299 g/mol. The van der Waals surface area contributed by atoms with Crippen LogP contribution in [0, 0.1) is 5.92 Å². The van der Waals surface area contributed by atoms with Crippen molar-refractivity contribution in [3.05, 3.63) is 41.2 Å². The summed E-state index contributed by atoms with van der Waals surface area (Å²) in [5, 5.41) is 6.72. The number of nitrogens with one attached hydrogen (secondary N) is 1. The molecule has 2 aromatic rings. The van der Waals surface area contributed by atoms with E-state index >= 15 is 0 Å². The van der Waals surface area contributed by atoms with Crippen molar-refractivity contribution < 1.29 is 17.7 Å². The number of benzene rings is 1. The summed E-state index contributed by atoms with van der Waals surface area (Å²) in [6.45, 7) is 4.75. The Morgan fingerprint density at radius 3 is 2.71 bits per heavy atom. The fraction of sp³-hybridized carbons (Fsp3) is 0.429. The van der Waals surface area contributed by atoms with E-state index in [2.05, 4.69) is 15.5 Å². The van der Waals surface area contributed by atoms with Gasteiger partial charge in [-0.05, 0) is 17.5 Å². The smallest absolute Gasteiger partial charge is 0.338 e. The van der Waals surface area contributed by atoms with Gasteiger partial charge in [0, 0.05) is 13.0 Å². The minimum atomic E-state index is -4.35. The first-order valence-electron chi connectivity index (χ1n) is 6.57. The number of hydrogen-bond acceptors (Lipinski definition) is 4. The molecule has 0 saturated carbocycles. The summed E-state index contributed by atoms with van der Waals surface area (Å²) in [7, 11) is 0. The predicted molar refractivity (Wildman–Crippen MR) is 71.9 cm³/mol. The lowest BCUT2D eigenvalue weighted by Gasteiger charge is -2.07. The summed E-state index contributed by atoms with van der Waals surface area (Å²) in [6, 6.07) is 5.39. The molecule has 114 valence electrons. The lowest BCUT2D eigenvalue weighted by atomic mass is 10.1. The van der Waals surface area contributed by atoms with Crippen LogP contribution in [0.3, 0.4) is 0 Å². The van der Waals surface area contributed by atoms with E-state index in [1.54, 1.807) is 6.07 Å². The summed E-state index contributed by atoms with van der Waals surface area (Å²) in [5.74, 6) is 0.768. The maximum Gasteiger partial charge on any atom is 0.416 e. The molecule has 7 heteroatoms. The first-order valence-corrected chi connectivity index (χ1v) is 6.57. The van der Waals surface area contributed by atoms with Crippen LogP contribution in [0.15, 0.2) is 28.8 Å². The van der Waals surface area contributed by atoms with Gasteiger partial charge in [-0.2, -0.15) is 18.2 Å². The van der Waals surface area contributed by atoms with E-state index in [1.165, 1.54) is 6.07 Å². The van der Waals surface area contributed by atoms with Crippen LogP contribution in [0.5, 0.6) is 0 Å². The molecular weight excluding hydrogens is 283 g/mol. The summed E-state index contributed by atoms with van der Waals surface area (Å²) in [6.07, 6.45) is -4.16. The Balaban J connectivity index is 2.05. The van der Waals surface area contributed by atoms with Gasteiger partial charge in [-0.25, -0.2) is 0 Å². The Bertz CT molecular complexity index is 593. The molecular formula is C14H16F3N3O. The Hall–Kier alpha value is -2.05. The van der Waals surface area contributed by atoms with Gasteiger partial charge in [0.25, 0.3) is 0 Å². The van der Waals surface area contributed by atoms with Crippen molar-refractivity contribution in [3.63, 3.8) is 0 Å². The number of nitrogens with zero attached hydrogens (tertiary/aromatic N) is 2. The van der Waals surface area contributed by atoms with E-state index in [-0.39, 0.29) is 12.4 Å². The van der Waals surface area contributed by atoms with Crippen LogP contribution < -0.4 is 5.32 Å². The highest BCUT2D eigenvalue weighted by Crippen LogP contribution is 2.29. The Morgan fingerprint density at radius 1 is 1.29 bits per heavy atom. The number of anilines is 1. The molecule has 1 aromatic heterocycles. The minimum Gasteiger partial charge on any atom is -0.338 e. The van der Waals surface area contributed by atoms with Crippen LogP contribution in [0.1, 0.15) is 30.8 Å². The zero-order chi connectivity index (χ0) is 15.5. The second-order valence-corrected chi connectivity index (χ2v) is 5.17. The highest BCUT2D eigenvalue weighted by molar-refractivity contribution is 5.28. The average molecular weight is 299 g/mol. The van der Waals surface area contributed by atoms with Crippen molar-refractivity contribution in [1.29, 1.82) is 0 Å². The average Bonchev–Trinajstić information content (AvgIpc) is 2.83. The zero-order valence-electron chi connectivity index (χ0n) is 11.7. The number of halogens is 3. The van der Waals surface area contributed by atoms with E-state index < -0.39 is 11.7 Å². The molecule has 0 aliphatic carbocycles. The van der Waals surface area contributed by atoms with Crippen molar-refractivity contribution in [2.24, 2.45) is 5.92 Å². The maximum atomic E-state index is 12.6. The number of alkyl halides is 3. The van der Waals surface area contributed by atoms with Gasteiger partial charge in [-0.15, -0.1) is 0 Å². The summed E-state index contributed by atoms with van der Waals surface area (Å²) >= 11 is 0. The van der Waals surface area contributed by atoms with Crippen LogP contribution in [0.2, 0.25) is 0 Å². The van der Waals surface area contributed by atoms with Gasteiger partial charge >= 0.3 is 12.2 Å². The Kier molecular flexibility index (Phi) is 4.50. The standard InChI is InChI=1S/C14H16F3N3O/c1-9(2)8-18-13-19-12(20-21-13)7-10-4-3-5-11(6-10)14(15,16)17/h3-6,9H,7-8H2,1-2H3,(H,18,19,20). The molecule has 4 nitrogen and oxygen atoms in total. The first-order chi connectivity index (χ1) is 9.84. The lowest BCUT2D eigenvalue weighted by Crippen LogP contribution is -2.08. The quantitative estimate of drug-likeness (QED) is 0.913. The molecule has 1 N–H and O–H groups in total. The summed E-state index contributed by atoms with van der Waals surface area (Å²) < 4.78 is 42.9. The first kappa shape index (κ1) is 15.3. The summed E-state index contributed by atoms with van der Waals surface area (Å²) in [4.78, 5) is 4.10. The third kappa shape index (κ3) is 4.47. The Morgan fingerprint density at radius 2 is 2.05 bits per heavy atom. The maximum absolute atomic E-state index is 12.6. The highest BCUT2D eigenvalue weighted by Gasteiger charge is 2.30. The van der Waals surface area contributed by atoms with Crippen LogP contribution in [0.4, 0.5) is 19.2 Å². The topological polar surface area (TPSA) is 51.0 Å². The van der Waals surface area contributed by atoms with E-state index in [0.29, 0.717) is 23.9 Å². The molecule has 0 amide bonds. The number of rotatable bonds is 5. The fourth-order valence-corrected chi connectivity index (χ4v) is 1.73. The third-order valence-corrected chi connectivity index (χ3v) is 2.75. The van der Waals surface area contributed by atoms with Crippen LogP contribution in [-0.4, -0.2) is 16.7 Å². The molecule has 0 saturated heterocycles. The summed E-state index contributed by atoms with van der Waals surface area (Å²) in [5.41, 5.74) is -0.192. The SMILES string of the molecule is CC(C)CNc1nc(Cc2cccc(C(F)(F)F)c2)no1. The molecule has 1 heterocycles. The van der Waals surface area contributed by atoms with Gasteiger partial charge in [0.05, 0.1) is 5.56 Å². The third-order valence-electron chi connectivity index (χ3n) is 2.75. The van der Waals surface area contributed by atoms with Crippen LogP contribution in [-0.2, 0) is 12.6 Å². The number of hydrogen-bond donors (Lipinski definition) is 1. The molecule has 1 aromatic carbocycles. The number of aromatic nitrogens is 2. The van der Waals surface area contributed by atoms with Crippen molar-refractivity contribution in [2.45, 2.75) is 26.4 Å². The molecule has 2 rings (SSSR count). The lowest BCUT2D eigenvalue weighted by molar-refractivity contribution is -0.137. The van der Waals surface area contributed by atoms with E-state index in [4.69, 9.17) is 4.52 Å². The van der Waals surface area contributed by atoms with Gasteiger partial charge in [0.2, 0.25) is 0 Å². The van der Waals surface area contributed by atoms with E-state index in [0.717, 1.165) is 12.1 Å². The van der Waals surface area contributed by atoms with Gasteiger partial charge in [-0.3, -0.25) is 0 Å². The molecule has 0 fully saturated rings. The van der Waals surface area contributed by atoms with Crippen molar-refractivity contribution >= 4 is 6.01 Å². The second kappa shape index (κ2) is 6.15. The van der Waals surface area contributed by atoms with E-state index in [1.807, 2.05) is 13.8 Å². The molecule has 0 unspecified atom stereocenters. The largest absolute Gasteiger partial charge is 0.416 e. The molecule has 0 spiro atoms. The fourth-order valence-electron chi connectivity index (χ4n) is 1.73. The van der Waals surface area contributed by atoms with Crippen molar-refractivity contribution in [1.82, 2.24) is 10.1 Å². The molecule has 0 radical (unpaired) electrons. The normalized spacial score (nSPS) is 11.9. The van der Waals surface area contributed by atoms with Crippen LogP contribution >= 0.6 is 0 Å². The molecule has 0 bridgehead atoms. The molecule has 21 heavy (non-hydrogen) atoms. The Labute approximate surface area is 120 Å². The minimum absolute atomic E-state index is 0.191. The van der Waals surface area contributed by atoms with Crippen molar-refractivity contribution in [2.75, 3.05) is 11.9 Å². The van der Waals surface area contributed by atoms with Gasteiger partial charge in [0.15, 0.2) is 5.82 Å².